The largest absolute Gasteiger partial charge is 0.397 e. The second-order valence-electron chi connectivity index (χ2n) is 3.47. The van der Waals surface area contributed by atoms with Crippen molar-refractivity contribution in [3.63, 3.8) is 0 Å². The Labute approximate surface area is 101 Å². The molecule has 0 unspecified atom stereocenters. The number of hydrogen-bond acceptors (Lipinski definition) is 2. The lowest BCUT2D eigenvalue weighted by molar-refractivity contribution is 0.624. The summed E-state index contributed by atoms with van der Waals surface area (Å²) in [4.78, 5) is 4.26. The van der Waals surface area contributed by atoms with Crippen molar-refractivity contribution in [1.82, 2.24) is 4.98 Å². The first-order chi connectivity index (χ1) is 7.59. The smallest absolute Gasteiger partial charge is 0.146 e. The second-order valence-corrected chi connectivity index (χ2v) is 4.33. The van der Waals surface area contributed by atoms with Crippen molar-refractivity contribution in [3.8, 4) is 11.3 Å². The Balaban J connectivity index is 2.59. The van der Waals surface area contributed by atoms with Crippen molar-refractivity contribution in [3.05, 3.63) is 46.3 Å². The lowest BCUT2D eigenvalue weighted by Crippen LogP contribution is -1.95. The van der Waals surface area contributed by atoms with E-state index in [9.17, 15) is 4.39 Å². The van der Waals surface area contributed by atoms with Gasteiger partial charge in [-0.15, -0.1) is 0 Å². The normalized spacial score (nSPS) is 10.4. The molecule has 2 aromatic rings. The highest BCUT2D eigenvalue weighted by atomic mass is 79.9. The van der Waals surface area contributed by atoms with Crippen LogP contribution in [0.15, 0.2) is 34.8 Å². The van der Waals surface area contributed by atoms with E-state index in [2.05, 4.69) is 20.9 Å². The van der Waals surface area contributed by atoms with Gasteiger partial charge in [-0.05, 0) is 47.1 Å². The van der Waals surface area contributed by atoms with Crippen LogP contribution in [0.3, 0.4) is 0 Å². The van der Waals surface area contributed by atoms with E-state index >= 15 is 0 Å². The molecule has 0 saturated heterocycles. The molecule has 0 amide bonds. The van der Waals surface area contributed by atoms with E-state index in [0.29, 0.717) is 27.1 Å². The van der Waals surface area contributed by atoms with Gasteiger partial charge in [0.05, 0.1) is 21.5 Å². The van der Waals surface area contributed by atoms with Crippen LogP contribution in [-0.4, -0.2) is 4.98 Å². The number of nitrogen functional groups attached to an aromatic ring is 1. The first-order valence-electron chi connectivity index (χ1n) is 4.77. The molecule has 2 nitrogen and oxygen atoms in total. The standard InChI is InChI=1S/C12H10BrFN2/c1-7-10(15)5-6-11(16-7)8-3-2-4-9(13)12(8)14/h2-6H,15H2,1H3. The molecule has 0 radical (unpaired) electrons. The summed E-state index contributed by atoms with van der Waals surface area (Å²) >= 11 is 3.15. The molecule has 0 aliphatic rings. The van der Waals surface area contributed by atoms with E-state index in [1.807, 2.05) is 0 Å². The SMILES string of the molecule is Cc1nc(-c2cccc(Br)c2F)ccc1N. The molecule has 0 aliphatic heterocycles. The maximum atomic E-state index is 13.8. The van der Waals surface area contributed by atoms with Crippen molar-refractivity contribution >= 4 is 21.6 Å². The molecule has 0 bridgehead atoms. The van der Waals surface area contributed by atoms with E-state index in [1.54, 1.807) is 37.3 Å². The van der Waals surface area contributed by atoms with Gasteiger partial charge in [0.15, 0.2) is 0 Å². The van der Waals surface area contributed by atoms with Gasteiger partial charge in [-0.1, -0.05) is 6.07 Å². The number of benzene rings is 1. The number of aryl methyl sites for hydroxylation is 1. The predicted molar refractivity (Wildman–Crippen MR) is 66.5 cm³/mol. The summed E-state index contributed by atoms with van der Waals surface area (Å²) < 4.78 is 14.2. The highest BCUT2D eigenvalue weighted by molar-refractivity contribution is 9.10. The molecule has 0 aliphatic carbocycles. The molecule has 0 atom stereocenters. The van der Waals surface area contributed by atoms with Crippen molar-refractivity contribution in [2.45, 2.75) is 6.92 Å². The van der Waals surface area contributed by atoms with Gasteiger partial charge >= 0.3 is 0 Å². The van der Waals surface area contributed by atoms with Crippen LogP contribution >= 0.6 is 15.9 Å². The summed E-state index contributed by atoms with van der Waals surface area (Å²) in [6.45, 7) is 1.80. The number of rotatable bonds is 1. The Bertz CT molecular complexity index is 541. The Kier molecular flexibility index (Phi) is 2.92. The molecule has 2 N–H and O–H groups in total. The molecule has 0 spiro atoms. The van der Waals surface area contributed by atoms with Gasteiger partial charge in [-0.2, -0.15) is 0 Å². The molecular weight excluding hydrogens is 271 g/mol. The minimum atomic E-state index is -0.306. The van der Waals surface area contributed by atoms with Crippen LogP contribution in [0.25, 0.3) is 11.3 Å². The number of halogens is 2. The number of anilines is 1. The van der Waals surface area contributed by atoms with Crippen LogP contribution < -0.4 is 5.73 Å². The molecule has 2 rings (SSSR count). The van der Waals surface area contributed by atoms with Crippen LogP contribution in [0.4, 0.5) is 10.1 Å². The lowest BCUT2D eigenvalue weighted by atomic mass is 10.1. The Morgan fingerprint density at radius 1 is 1.25 bits per heavy atom. The minimum absolute atomic E-state index is 0.306. The molecule has 1 aromatic carbocycles. The van der Waals surface area contributed by atoms with Gasteiger partial charge in [0.25, 0.3) is 0 Å². The van der Waals surface area contributed by atoms with E-state index in [4.69, 9.17) is 5.73 Å². The summed E-state index contributed by atoms with van der Waals surface area (Å²) in [6.07, 6.45) is 0. The van der Waals surface area contributed by atoms with E-state index < -0.39 is 0 Å². The molecule has 0 fully saturated rings. The molecule has 1 heterocycles. The third-order valence-corrected chi connectivity index (χ3v) is 2.97. The fourth-order valence-corrected chi connectivity index (χ4v) is 1.79. The molecule has 1 aromatic heterocycles. The van der Waals surface area contributed by atoms with Crippen molar-refractivity contribution in [2.24, 2.45) is 0 Å². The first-order valence-corrected chi connectivity index (χ1v) is 5.56. The summed E-state index contributed by atoms with van der Waals surface area (Å²) in [7, 11) is 0. The number of nitrogens with zero attached hydrogens (tertiary/aromatic N) is 1. The maximum Gasteiger partial charge on any atom is 0.146 e. The van der Waals surface area contributed by atoms with Crippen LogP contribution in [0.1, 0.15) is 5.69 Å². The van der Waals surface area contributed by atoms with Crippen LogP contribution in [0, 0.1) is 12.7 Å². The Morgan fingerprint density at radius 2 is 2.00 bits per heavy atom. The lowest BCUT2D eigenvalue weighted by Gasteiger charge is -2.06. The number of pyridine rings is 1. The van der Waals surface area contributed by atoms with Crippen molar-refractivity contribution in [1.29, 1.82) is 0 Å². The van der Waals surface area contributed by atoms with E-state index in [-0.39, 0.29) is 5.82 Å². The molecule has 0 saturated carbocycles. The molecule has 82 valence electrons. The summed E-state index contributed by atoms with van der Waals surface area (Å²) in [6, 6.07) is 8.57. The summed E-state index contributed by atoms with van der Waals surface area (Å²) in [5, 5.41) is 0. The van der Waals surface area contributed by atoms with Gasteiger partial charge in [0, 0.05) is 5.56 Å². The average molecular weight is 281 g/mol. The van der Waals surface area contributed by atoms with Gasteiger partial charge < -0.3 is 5.73 Å². The van der Waals surface area contributed by atoms with E-state index in [1.165, 1.54) is 0 Å². The molecule has 4 heteroatoms. The van der Waals surface area contributed by atoms with E-state index in [0.717, 1.165) is 0 Å². The zero-order valence-electron chi connectivity index (χ0n) is 8.67. The quantitative estimate of drug-likeness (QED) is 0.868. The van der Waals surface area contributed by atoms with Crippen molar-refractivity contribution < 1.29 is 4.39 Å². The fourth-order valence-electron chi connectivity index (χ4n) is 1.42. The topological polar surface area (TPSA) is 38.9 Å². The Morgan fingerprint density at radius 3 is 2.69 bits per heavy atom. The van der Waals surface area contributed by atoms with Crippen LogP contribution in [0.5, 0.6) is 0 Å². The highest BCUT2D eigenvalue weighted by Gasteiger charge is 2.09. The average Bonchev–Trinajstić information content (AvgIpc) is 2.26. The van der Waals surface area contributed by atoms with Crippen LogP contribution in [0.2, 0.25) is 0 Å². The number of hydrogen-bond donors (Lipinski definition) is 1. The van der Waals surface area contributed by atoms with Crippen molar-refractivity contribution in [2.75, 3.05) is 5.73 Å². The monoisotopic (exact) mass is 280 g/mol. The van der Waals surface area contributed by atoms with Gasteiger partial charge in [-0.3, -0.25) is 4.98 Å². The van der Waals surface area contributed by atoms with Gasteiger partial charge in [-0.25, -0.2) is 4.39 Å². The second kappa shape index (κ2) is 4.22. The third-order valence-electron chi connectivity index (χ3n) is 2.35. The number of aromatic nitrogens is 1. The fraction of sp³-hybridized carbons (Fsp3) is 0.0833. The first kappa shape index (κ1) is 11.1. The van der Waals surface area contributed by atoms with Gasteiger partial charge in [0.1, 0.15) is 5.82 Å². The minimum Gasteiger partial charge on any atom is -0.397 e. The zero-order valence-corrected chi connectivity index (χ0v) is 10.3. The highest BCUT2D eigenvalue weighted by Crippen LogP contribution is 2.27. The zero-order chi connectivity index (χ0) is 11.7. The molecule has 16 heavy (non-hydrogen) atoms. The Hall–Kier alpha value is -1.42. The summed E-state index contributed by atoms with van der Waals surface area (Å²) in [5.41, 5.74) is 8.04. The van der Waals surface area contributed by atoms with Gasteiger partial charge in [0.2, 0.25) is 0 Å². The predicted octanol–water partition coefficient (Wildman–Crippen LogP) is 3.54. The number of nitrogens with two attached hydrogens (primary N) is 1. The van der Waals surface area contributed by atoms with Crippen LogP contribution in [-0.2, 0) is 0 Å². The summed E-state index contributed by atoms with van der Waals surface area (Å²) in [5.74, 6) is -0.306. The molecular formula is C12H10BrFN2. The maximum absolute atomic E-state index is 13.8. The third kappa shape index (κ3) is 1.93.